The Kier molecular flexibility index (Phi) is 4.24. The van der Waals surface area contributed by atoms with Crippen molar-refractivity contribution in [2.75, 3.05) is 5.73 Å². The molecule has 104 valence electrons. The first-order valence-electron chi connectivity index (χ1n) is 5.67. The average Bonchev–Trinajstić information content (AvgIpc) is 2.39. The molecule has 0 saturated carbocycles. The molecule has 2 aromatic carbocycles. The molecule has 2 rings (SSSR count). The van der Waals surface area contributed by atoms with Crippen LogP contribution in [0.4, 0.5) is 14.5 Å². The Balaban J connectivity index is 2.18. The molecule has 0 bridgehead atoms. The summed E-state index contributed by atoms with van der Waals surface area (Å²) < 4.78 is 27.2. The van der Waals surface area contributed by atoms with Gasteiger partial charge in [-0.3, -0.25) is 0 Å². The molecule has 0 unspecified atom stereocenters. The lowest BCUT2D eigenvalue weighted by Gasteiger charge is -2.06. The van der Waals surface area contributed by atoms with Gasteiger partial charge >= 0.3 is 5.97 Å². The first kappa shape index (κ1) is 14.3. The SMILES string of the molecule is Nc1ccc(SCc2cc(C(=O)O)ccc2F)c(F)c1. The highest BCUT2D eigenvalue weighted by molar-refractivity contribution is 7.98. The van der Waals surface area contributed by atoms with Crippen molar-refractivity contribution in [1.29, 1.82) is 0 Å². The number of aromatic carboxylic acids is 1. The maximum absolute atomic E-state index is 13.6. The van der Waals surface area contributed by atoms with Crippen molar-refractivity contribution in [3.8, 4) is 0 Å². The van der Waals surface area contributed by atoms with Gasteiger partial charge < -0.3 is 10.8 Å². The fourth-order valence-electron chi connectivity index (χ4n) is 1.61. The van der Waals surface area contributed by atoms with Gasteiger partial charge in [0, 0.05) is 16.3 Å². The normalized spacial score (nSPS) is 10.5. The molecule has 3 nitrogen and oxygen atoms in total. The van der Waals surface area contributed by atoms with Crippen molar-refractivity contribution in [2.45, 2.75) is 10.6 Å². The minimum absolute atomic E-state index is 0.000205. The minimum Gasteiger partial charge on any atom is -0.478 e. The van der Waals surface area contributed by atoms with Gasteiger partial charge in [-0.05, 0) is 42.0 Å². The lowest BCUT2D eigenvalue weighted by molar-refractivity contribution is 0.0696. The van der Waals surface area contributed by atoms with Gasteiger partial charge in [-0.1, -0.05) is 0 Å². The number of anilines is 1. The second kappa shape index (κ2) is 5.92. The first-order chi connectivity index (χ1) is 9.47. The molecule has 6 heteroatoms. The van der Waals surface area contributed by atoms with Crippen molar-refractivity contribution in [1.82, 2.24) is 0 Å². The number of hydrogen-bond donors (Lipinski definition) is 2. The predicted molar refractivity (Wildman–Crippen MR) is 73.7 cm³/mol. The van der Waals surface area contributed by atoms with E-state index in [0.29, 0.717) is 10.6 Å². The van der Waals surface area contributed by atoms with E-state index in [0.717, 1.165) is 17.8 Å². The summed E-state index contributed by atoms with van der Waals surface area (Å²) in [4.78, 5) is 11.2. The number of benzene rings is 2. The van der Waals surface area contributed by atoms with Crippen molar-refractivity contribution < 1.29 is 18.7 Å². The highest BCUT2D eigenvalue weighted by Crippen LogP contribution is 2.28. The standard InChI is InChI=1S/C14H11F2NO2S/c15-11-3-1-8(14(18)19)5-9(11)7-20-13-4-2-10(17)6-12(13)16/h1-6H,7,17H2,(H,18,19). The van der Waals surface area contributed by atoms with E-state index >= 15 is 0 Å². The van der Waals surface area contributed by atoms with E-state index in [4.69, 9.17) is 10.8 Å². The molecule has 0 aliphatic carbocycles. The van der Waals surface area contributed by atoms with Crippen LogP contribution in [-0.2, 0) is 5.75 Å². The molecule has 0 atom stereocenters. The molecule has 20 heavy (non-hydrogen) atoms. The molecular weight excluding hydrogens is 284 g/mol. The molecule has 0 fully saturated rings. The van der Waals surface area contributed by atoms with Crippen molar-refractivity contribution >= 4 is 23.4 Å². The Morgan fingerprint density at radius 2 is 1.90 bits per heavy atom. The first-order valence-corrected chi connectivity index (χ1v) is 6.65. The Bertz CT molecular complexity index is 662. The zero-order valence-corrected chi connectivity index (χ0v) is 11.1. The number of carboxylic acid groups (broad SMARTS) is 1. The van der Waals surface area contributed by atoms with Crippen LogP contribution in [0.1, 0.15) is 15.9 Å². The highest BCUT2D eigenvalue weighted by atomic mass is 32.2. The number of nitrogen functional groups attached to an aromatic ring is 1. The van der Waals surface area contributed by atoms with E-state index in [9.17, 15) is 13.6 Å². The van der Waals surface area contributed by atoms with Crippen LogP contribution < -0.4 is 5.73 Å². The minimum atomic E-state index is -1.13. The summed E-state index contributed by atoms with van der Waals surface area (Å²) in [7, 11) is 0. The topological polar surface area (TPSA) is 63.3 Å². The van der Waals surface area contributed by atoms with Crippen molar-refractivity contribution in [2.24, 2.45) is 0 Å². The summed E-state index contributed by atoms with van der Waals surface area (Å²) in [6.45, 7) is 0. The molecule has 0 heterocycles. The molecule has 0 radical (unpaired) electrons. The Labute approximate surface area is 118 Å². The zero-order chi connectivity index (χ0) is 14.7. The number of carbonyl (C=O) groups is 1. The fourth-order valence-corrected chi connectivity index (χ4v) is 2.50. The Morgan fingerprint density at radius 1 is 1.15 bits per heavy atom. The largest absolute Gasteiger partial charge is 0.478 e. The van der Waals surface area contributed by atoms with Gasteiger partial charge in [0.2, 0.25) is 0 Å². The second-order valence-electron chi connectivity index (χ2n) is 4.09. The monoisotopic (exact) mass is 295 g/mol. The van der Waals surface area contributed by atoms with E-state index in [1.807, 2.05) is 0 Å². The van der Waals surface area contributed by atoms with Gasteiger partial charge in [0.25, 0.3) is 0 Å². The summed E-state index contributed by atoms with van der Waals surface area (Å²) in [5.74, 6) is -1.99. The molecule has 0 aromatic heterocycles. The van der Waals surface area contributed by atoms with Gasteiger partial charge in [-0.2, -0.15) is 0 Å². The molecule has 0 saturated heterocycles. The van der Waals surface area contributed by atoms with Gasteiger partial charge in [-0.15, -0.1) is 11.8 Å². The van der Waals surface area contributed by atoms with Crippen LogP contribution in [0.5, 0.6) is 0 Å². The highest BCUT2D eigenvalue weighted by Gasteiger charge is 2.10. The maximum Gasteiger partial charge on any atom is 0.335 e. The predicted octanol–water partition coefficient (Wildman–Crippen LogP) is 3.54. The third kappa shape index (κ3) is 3.27. The Hall–Kier alpha value is -2.08. The summed E-state index contributed by atoms with van der Waals surface area (Å²) >= 11 is 1.08. The smallest absolute Gasteiger partial charge is 0.335 e. The number of carboxylic acids is 1. The molecule has 0 amide bonds. The number of hydrogen-bond acceptors (Lipinski definition) is 3. The van der Waals surface area contributed by atoms with E-state index in [-0.39, 0.29) is 16.9 Å². The van der Waals surface area contributed by atoms with Crippen molar-refractivity contribution in [3.63, 3.8) is 0 Å². The van der Waals surface area contributed by atoms with E-state index < -0.39 is 17.6 Å². The van der Waals surface area contributed by atoms with E-state index in [1.54, 1.807) is 6.07 Å². The summed E-state index contributed by atoms with van der Waals surface area (Å²) in [5, 5.41) is 8.86. The third-order valence-corrected chi connectivity index (χ3v) is 3.73. The van der Waals surface area contributed by atoms with Gasteiger partial charge in [0.05, 0.1) is 5.56 Å². The van der Waals surface area contributed by atoms with Gasteiger partial charge in [0.15, 0.2) is 0 Å². The lowest BCUT2D eigenvalue weighted by atomic mass is 10.1. The quantitative estimate of drug-likeness (QED) is 0.669. The van der Waals surface area contributed by atoms with Gasteiger partial charge in [-0.25, -0.2) is 13.6 Å². The van der Waals surface area contributed by atoms with Crippen LogP contribution in [0.3, 0.4) is 0 Å². The number of thioether (sulfide) groups is 1. The van der Waals surface area contributed by atoms with Crippen LogP contribution in [0.2, 0.25) is 0 Å². The zero-order valence-electron chi connectivity index (χ0n) is 10.3. The molecule has 0 aliphatic heterocycles. The van der Waals surface area contributed by atoms with Crippen LogP contribution >= 0.6 is 11.8 Å². The number of rotatable bonds is 4. The molecule has 3 N–H and O–H groups in total. The molecule has 0 aliphatic rings. The van der Waals surface area contributed by atoms with Crippen molar-refractivity contribution in [3.05, 3.63) is 59.2 Å². The van der Waals surface area contributed by atoms with Crippen LogP contribution in [0.25, 0.3) is 0 Å². The van der Waals surface area contributed by atoms with Crippen LogP contribution in [-0.4, -0.2) is 11.1 Å². The number of halogens is 2. The lowest BCUT2D eigenvalue weighted by Crippen LogP contribution is -1.99. The fraction of sp³-hybridized carbons (Fsp3) is 0.0714. The number of nitrogens with two attached hydrogens (primary N) is 1. The average molecular weight is 295 g/mol. The van der Waals surface area contributed by atoms with Crippen LogP contribution in [0.15, 0.2) is 41.3 Å². The second-order valence-corrected chi connectivity index (χ2v) is 5.11. The van der Waals surface area contributed by atoms with Crippen LogP contribution in [0, 0.1) is 11.6 Å². The summed E-state index contributed by atoms with van der Waals surface area (Å²) in [6.07, 6.45) is 0. The third-order valence-electron chi connectivity index (χ3n) is 2.63. The van der Waals surface area contributed by atoms with E-state index in [2.05, 4.69) is 0 Å². The van der Waals surface area contributed by atoms with Gasteiger partial charge in [0.1, 0.15) is 11.6 Å². The summed E-state index contributed by atoms with van der Waals surface area (Å²) in [6, 6.07) is 7.78. The molecule has 0 spiro atoms. The van der Waals surface area contributed by atoms with E-state index in [1.165, 1.54) is 24.3 Å². The maximum atomic E-state index is 13.6. The Morgan fingerprint density at radius 3 is 2.55 bits per heavy atom. The molecule has 2 aromatic rings. The summed E-state index contributed by atoms with van der Waals surface area (Å²) in [5.41, 5.74) is 5.96. The molecular formula is C14H11F2NO2S.